The van der Waals surface area contributed by atoms with Crippen LogP contribution in [-0.4, -0.2) is 43.9 Å². The van der Waals surface area contributed by atoms with Crippen molar-refractivity contribution in [2.75, 3.05) is 13.2 Å². The van der Waals surface area contributed by atoms with Crippen molar-refractivity contribution in [3.8, 4) is 5.75 Å². The van der Waals surface area contributed by atoms with Crippen LogP contribution in [0.25, 0.3) is 11.0 Å². The number of nitrogens with zero attached hydrogens (tertiary/aromatic N) is 4. The predicted octanol–water partition coefficient (Wildman–Crippen LogP) is 6.16. The third-order valence-corrected chi connectivity index (χ3v) is 7.76. The van der Waals surface area contributed by atoms with Gasteiger partial charge in [-0.2, -0.15) is 0 Å². The molecule has 0 saturated carbocycles. The van der Waals surface area contributed by atoms with Gasteiger partial charge in [0.15, 0.2) is 0 Å². The van der Waals surface area contributed by atoms with Crippen LogP contribution < -0.4 is 10.1 Å². The molecule has 10 heteroatoms. The van der Waals surface area contributed by atoms with Gasteiger partial charge < -0.3 is 15.0 Å². The van der Waals surface area contributed by atoms with Gasteiger partial charge in [-0.3, -0.25) is 19.7 Å². The van der Waals surface area contributed by atoms with Gasteiger partial charge in [-0.05, 0) is 35.4 Å². The maximum absolute atomic E-state index is 12.8. The highest BCUT2D eigenvalue weighted by molar-refractivity contribution is 6.39. The monoisotopic (exact) mass is 586 g/mol. The minimum absolute atomic E-state index is 0.101. The number of halogens is 2. The molecular weight excluding hydrogens is 559 g/mol. The van der Waals surface area contributed by atoms with E-state index in [-0.39, 0.29) is 27.6 Å². The molecule has 1 unspecified atom stereocenters. The van der Waals surface area contributed by atoms with Gasteiger partial charge in [-0.25, -0.2) is 4.98 Å². The predicted molar refractivity (Wildman–Crippen MR) is 159 cm³/mol. The summed E-state index contributed by atoms with van der Waals surface area (Å²) in [7, 11) is 0. The number of hydrogen-bond donors (Lipinski definition) is 2. The standard InChI is InChI=1S/C31H28Cl2N6O2/c32-22-17-34-18-23(33)29(22)31(40)36-16-20-5-3-6-21(15-20)19-39(26-11-14-41-27-9-4-12-35-30(26)27)13-10-28-37-24-7-1-2-8-25(24)38-28/h1-9,12,15,17-18,26H,10-11,13-14,16,19H2,(H,36,40)(H,37,38). The number of benzene rings is 2. The first kappa shape index (κ1) is 27.2. The molecular formula is C31H28Cl2N6O2. The van der Waals surface area contributed by atoms with Crippen LogP contribution in [0.1, 0.15) is 45.5 Å². The molecule has 6 rings (SSSR count). The molecule has 2 aromatic carbocycles. The second-order valence-electron chi connectivity index (χ2n) is 9.94. The van der Waals surface area contributed by atoms with Crippen LogP contribution in [-0.2, 0) is 19.5 Å². The molecule has 0 saturated heterocycles. The quantitative estimate of drug-likeness (QED) is 0.215. The second kappa shape index (κ2) is 12.3. The molecule has 41 heavy (non-hydrogen) atoms. The Morgan fingerprint density at radius 1 is 1.05 bits per heavy atom. The topological polar surface area (TPSA) is 96.0 Å². The Kier molecular flexibility index (Phi) is 8.14. The third kappa shape index (κ3) is 6.20. The second-order valence-corrected chi connectivity index (χ2v) is 10.8. The van der Waals surface area contributed by atoms with Crippen LogP contribution in [0.2, 0.25) is 10.0 Å². The number of pyridine rings is 2. The summed E-state index contributed by atoms with van der Waals surface area (Å²) in [5.74, 6) is 1.45. The number of H-pyrrole nitrogens is 1. The molecule has 0 bridgehead atoms. The Morgan fingerprint density at radius 3 is 2.73 bits per heavy atom. The van der Waals surface area contributed by atoms with Gasteiger partial charge in [0, 0.05) is 51.1 Å². The Hall–Kier alpha value is -3.98. The van der Waals surface area contributed by atoms with Crippen molar-refractivity contribution in [1.82, 2.24) is 30.2 Å². The molecule has 0 spiro atoms. The molecule has 0 fully saturated rings. The smallest absolute Gasteiger partial charge is 0.254 e. The lowest BCUT2D eigenvalue weighted by atomic mass is 10.0. The van der Waals surface area contributed by atoms with Gasteiger partial charge in [-0.1, -0.05) is 59.6 Å². The van der Waals surface area contributed by atoms with Crippen LogP contribution in [0.5, 0.6) is 5.75 Å². The lowest BCUT2D eigenvalue weighted by Gasteiger charge is -2.35. The minimum atomic E-state index is -0.342. The van der Waals surface area contributed by atoms with E-state index in [2.05, 4.69) is 32.3 Å². The largest absolute Gasteiger partial charge is 0.492 e. The summed E-state index contributed by atoms with van der Waals surface area (Å²) in [5.41, 5.74) is 5.29. The van der Waals surface area contributed by atoms with Gasteiger partial charge in [0.2, 0.25) is 0 Å². The van der Waals surface area contributed by atoms with Gasteiger partial charge in [0.1, 0.15) is 11.6 Å². The van der Waals surface area contributed by atoms with E-state index < -0.39 is 0 Å². The molecule has 0 aliphatic carbocycles. The normalized spacial score (nSPS) is 14.6. The van der Waals surface area contributed by atoms with Crippen molar-refractivity contribution in [3.63, 3.8) is 0 Å². The number of amides is 1. The molecule has 4 heterocycles. The summed E-state index contributed by atoms with van der Waals surface area (Å²) >= 11 is 12.3. The van der Waals surface area contributed by atoms with E-state index in [9.17, 15) is 4.79 Å². The number of imidazole rings is 1. The fraction of sp³-hybridized carbons (Fsp3) is 0.226. The molecule has 1 amide bonds. The van der Waals surface area contributed by atoms with Crippen molar-refractivity contribution in [1.29, 1.82) is 0 Å². The Bertz CT molecular complexity index is 1640. The number of ether oxygens (including phenoxy) is 1. The Labute approximate surface area is 247 Å². The highest BCUT2D eigenvalue weighted by atomic mass is 35.5. The zero-order valence-electron chi connectivity index (χ0n) is 22.2. The van der Waals surface area contributed by atoms with Crippen molar-refractivity contribution in [2.45, 2.75) is 32.0 Å². The molecule has 1 aliphatic rings. The maximum Gasteiger partial charge on any atom is 0.254 e. The minimum Gasteiger partial charge on any atom is -0.492 e. The first-order valence-electron chi connectivity index (χ1n) is 13.5. The van der Waals surface area contributed by atoms with Crippen molar-refractivity contribution in [3.05, 3.63) is 118 Å². The van der Waals surface area contributed by atoms with Gasteiger partial charge in [0.05, 0.1) is 45.0 Å². The van der Waals surface area contributed by atoms with E-state index in [1.165, 1.54) is 12.4 Å². The number of carbonyl (C=O) groups is 1. The molecule has 2 N–H and O–H groups in total. The average Bonchev–Trinajstić information content (AvgIpc) is 3.41. The summed E-state index contributed by atoms with van der Waals surface area (Å²) in [6.45, 7) is 2.45. The van der Waals surface area contributed by atoms with E-state index in [1.54, 1.807) is 0 Å². The number of carbonyl (C=O) groups excluding carboxylic acids is 1. The van der Waals surface area contributed by atoms with Crippen LogP contribution in [0.4, 0.5) is 0 Å². The number of hydrogen-bond acceptors (Lipinski definition) is 6. The molecule has 1 atom stereocenters. The Morgan fingerprint density at radius 2 is 1.88 bits per heavy atom. The van der Waals surface area contributed by atoms with Crippen molar-refractivity contribution >= 4 is 40.1 Å². The highest BCUT2D eigenvalue weighted by Crippen LogP contribution is 2.35. The van der Waals surface area contributed by atoms with Crippen LogP contribution in [0, 0.1) is 0 Å². The maximum atomic E-state index is 12.8. The van der Waals surface area contributed by atoms with E-state index in [4.69, 9.17) is 37.9 Å². The number of nitrogens with one attached hydrogen (secondary N) is 2. The van der Waals surface area contributed by atoms with E-state index in [1.807, 2.05) is 54.7 Å². The van der Waals surface area contributed by atoms with E-state index in [0.717, 1.165) is 58.8 Å². The van der Waals surface area contributed by atoms with E-state index >= 15 is 0 Å². The van der Waals surface area contributed by atoms with Gasteiger partial charge in [0.25, 0.3) is 5.91 Å². The fourth-order valence-electron chi connectivity index (χ4n) is 5.24. The van der Waals surface area contributed by atoms with Crippen LogP contribution in [0.3, 0.4) is 0 Å². The summed E-state index contributed by atoms with van der Waals surface area (Å²) in [5, 5.41) is 3.36. The van der Waals surface area contributed by atoms with Crippen LogP contribution in [0.15, 0.2) is 79.3 Å². The lowest BCUT2D eigenvalue weighted by Crippen LogP contribution is -2.34. The SMILES string of the molecule is O=C(NCc1cccc(CN(CCc2nc3ccccc3[nH]2)C2CCOc3cccnc32)c1)c1c(Cl)cncc1Cl. The first-order valence-corrected chi connectivity index (χ1v) is 14.2. The van der Waals surface area contributed by atoms with Gasteiger partial charge >= 0.3 is 0 Å². The number of aromatic nitrogens is 4. The number of aromatic amines is 1. The number of fused-ring (bicyclic) bond motifs is 2. The first-order chi connectivity index (χ1) is 20.0. The number of rotatable bonds is 9. The summed E-state index contributed by atoms with van der Waals surface area (Å²) < 4.78 is 5.91. The van der Waals surface area contributed by atoms with E-state index in [0.29, 0.717) is 19.7 Å². The third-order valence-electron chi connectivity index (χ3n) is 7.19. The molecule has 1 aliphatic heterocycles. The molecule has 8 nitrogen and oxygen atoms in total. The summed E-state index contributed by atoms with van der Waals surface area (Å²) in [6, 6.07) is 20.3. The van der Waals surface area contributed by atoms with Crippen molar-refractivity contribution < 1.29 is 9.53 Å². The molecule has 208 valence electrons. The molecule has 3 aromatic heterocycles. The van der Waals surface area contributed by atoms with Crippen LogP contribution >= 0.6 is 23.2 Å². The Balaban J connectivity index is 1.20. The number of para-hydroxylation sites is 2. The summed E-state index contributed by atoms with van der Waals surface area (Å²) in [4.78, 5) is 32.1. The lowest BCUT2D eigenvalue weighted by molar-refractivity contribution is 0.0951. The molecule has 0 radical (unpaired) electrons. The average molecular weight is 588 g/mol. The molecule has 5 aromatic rings. The zero-order valence-corrected chi connectivity index (χ0v) is 23.7. The van der Waals surface area contributed by atoms with Gasteiger partial charge in [-0.15, -0.1) is 0 Å². The fourth-order valence-corrected chi connectivity index (χ4v) is 5.77. The van der Waals surface area contributed by atoms with Crippen molar-refractivity contribution in [2.24, 2.45) is 0 Å². The summed E-state index contributed by atoms with van der Waals surface area (Å²) in [6.07, 6.45) is 6.24. The zero-order chi connectivity index (χ0) is 28.2. The highest BCUT2D eigenvalue weighted by Gasteiger charge is 2.28.